The Morgan fingerprint density at radius 2 is 1.67 bits per heavy atom. The van der Waals surface area contributed by atoms with Gasteiger partial charge in [-0.15, -0.1) is 0 Å². The highest BCUT2D eigenvalue weighted by molar-refractivity contribution is 9.11. The molecule has 0 aliphatic heterocycles. The fourth-order valence-corrected chi connectivity index (χ4v) is 4.55. The lowest BCUT2D eigenvalue weighted by Crippen LogP contribution is -2.43. The molecule has 1 aromatic heterocycles. The van der Waals surface area contributed by atoms with E-state index in [2.05, 4.69) is 65.7 Å². The average Bonchev–Trinajstić information content (AvgIpc) is 2.90. The molecule has 0 saturated carbocycles. The third-order valence-corrected chi connectivity index (χ3v) is 10.8. The normalized spacial score (nSPS) is 12.4. The first-order valence-electron chi connectivity index (χ1n) is 8.78. The standard InChI is InChI=1S/C21H24Br2O3Si/c1-21(2,3)27(5,6)26-17-9-7-13(11-18(17)24-4)20-19(23)15-12-14(22)8-10-16(15)25-20/h7-12H,1-6H3. The van der Waals surface area contributed by atoms with Crippen molar-refractivity contribution in [3.05, 3.63) is 45.3 Å². The molecule has 0 amide bonds. The molecule has 0 atom stereocenters. The number of ether oxygens (including phenoxy) is 1. The van der Waals surface area contributed by atoms with Crippen LogP contribution in [0.25, 0.3) is 22.3 Å². The zero-order valence-corrected chi connectivity index (χ0v) is 20.6. The van der Waals surface area contributed by atoms with Crippen molar-refractivity contribution in [3.8, 4) is 22.8 Å². The van der Waals surface area contributed by atoms with Gasteiger partial charge in [0.2, 0.25) is 0 Å². The van der Waals surface area contributed by atoms with Crippen molar-refractivity contribution in [1.29, 1.82) is 0 Å². The molecule has 27 heavy (non-hydrogen) atoms. The molecule has 0 fully saturated rings. The van der Waals surface area contributed by atoms with Crippen molar-refractivity contribution >= 4 is 51.1 Å². The Morgan fingerprint density at radius 3 is 2.30 bits per heavy atom. The summed E-state index contributed by atoms with van der Waals surface area (Å²) in [6, 6.07) is 11.9. The molecule has 0 radical (unpaired) electrons. The molecule has 3 rings (SSSR count). The maximum absolute atomic E-state index is 6.45. The molecule has 144 valence electrons. The van der Waals surface area contributed by atoms with E-state index in [1.165, 1.54) is 0 Å². The number of rotatable bonds is 4. The van der Waals surface area contributed by atoms with Gasteiger partial charge in [0.1, 0.15) is 17.1 Å². The number of furan rings is 1. The summed E-state index contributed by atoms with van der Waals surface area (Å²) >= 11 is 7.20. The zero-order chi connectivity index (χ0) is 20.0. The first kappa shape index (κ1) is 20.5. The van der Waals surface area contributed by atoms with Crippen molar-refractivity contribution < 1.29 is 13.6 Å². The summed E-state index contributed by atoms with van der Waals surface area (Å²) in [5.74, 6) is 2.27. The van der Waals surface area contributed by atoms with Crippen LogP contribution in [-0.2, 0) is 0 Å². The topological polar surface area (TPSA) is 31.6 Å². The van der Waals surface area contributed by atoms with Crippen LogP contribution in [0.1, 0.15) is 20.8 Å². The summed E-state index contributed by atoms with van der Waals surface area (Å²) < 4.78 is 20.1. The van der Waals surface area contributed by atoms with Gasteiger partial charge < -0.3 is 13.6 Å². The number of fused-ring (bicyclic) bond motifs is 1. The summed E-state index contributed by atoms with van der Waals surface area (Å²) in [6.45, 7) is 11.1. The second-order valence-electron chi connectivity index (χ2n) is 8.11. The molecule has 0 saturated heterocycles. The smallest absolute Gasteiger partial charge is 0.250 e. The molecule has 6 heteroatoms. The van der Waals surface area contributed by atoms with Gasteiger partial charge in [0, 0.05) is 15.4 Å². The van der Waals surface area contributed by atoms with Gasteiger partial charge >= 0.3 is 0 Å². The largest absolute Gasteiger partial charge is 0.541 e. The lowest BCUT2D eigenvalue weighted by molar-refractivity contribution is 0.386. The van der Waals surface area contributed by atoms with E-state index in [-0.39, 0.29) is 5.04 Å². The Balaban J connectivity index is 2.03. The highest BCUT2D eigenvalue weighted by Crippen LogP contribution is 2.43. The van der Waals surface area contributed by atoms with E-state index in [1.54, 1.807) is 7.11 Å². The molecule has 0 aliphatic rings. The lowest BCUT2D eigenvalue weighted by Gasteiger charge is -2.36. The highest BCUT2D eigenvalue weighted by Gasteiger charge is 2.39. The molecular weight excluding hydrogens is 488 g/mol. The number of benzene rings is 2. The molecule has 0 bridgehead atoms. The monoisotopic (exact) mass is 510 g/mol. The Hall–Kier alpha value is -1.24. The minimum absolute atomic E-state index is 0.117. The quantitative estimate of drug-likeness (QED) is 0.332. The van der Waals surface area contributed by atoms with Gasteiger partial charge in [-0.25, -0.2) is 0 Å². The minimum atomic E-state index is -1.95. The van der Waals surface area contributed by atoms with E-state index >= 15 is 0 Å². The summed E-state index contributed by atoms with van der Waals surface area (Å²) in [7, 11) is -0.283. The van der Waals surface area contributed by atoms with Crippen LogP contribution in [-0.4, -0.2) is 15.4 Å². The first-order chi connectivity index (χ1) is 12.5. The average molecular weight is 512 g/mol. The van der Waals surface area contributed by atoms with E-state index in [0.717, 1.165) is 37.0 Å². The third-order valence-electron chi connectivity index (χ3n) is 5.19. The molecule has 0 spiro atoms. The van der Waals surface area contributed by atoms with E-state index in [0.29, 0.717) is 5.75 Å². The van der Waals surface area contributed by atoms with Crippen molar-refractivity contribution in [2.24, 2.45) is 0 Å². The number of methoxy groups -OCH3 is 1. The summed E-state index contributed by atoms with van der Waals surface area (Å²) in [5.41, 5.74) is 1.77. The molecule has 3 aromatic rings. The predicted molar refractivity (Wildman–Crippen MR) is 121 cm³/mol. The zero-order valence-electron chi connectivity index (χ0n) is 16.4. The third kappa shape index (κ3) is 3.98. The maximum atomic E-state index is 6.45. The van der Waals surface area contributed by atoms with Crippen LogP contribution < -0.4 is 9.16 Å². The SMILES string of the molecule is COc1cc(-c2oc3ccc(Br)cc3c2Br)ccc1O[Si](C)(C)C(C)(C)C. The number of halogens is 2. The van der Waals surface area contributed by atoms with Crippen LogP contribution >= 0.6 is 31.9 Å². The van der Waals surface area contributed by atoms with Gasteiger partial charge in [0.15, 0.2) is 5.75 Å². The van der Waals surface area contributed by atoms with E-state index in [9.17, 15) is 0 Å². The molecule has 1 heterocycles. The molecule has 0 N–H and O–H groups in total. The Labute approximate surface area is 178 Å². The second kappa shape index (κ2) is 7.30. The van der Waals surface area contributed by atoms with E-state index < -0.39 is 8.32 Å². The lowest BCUT2D eigenvalue weighted by atomic mass is 10.1. The summed E-state index contributed by atoms with van der Waals surface area (Å²) in [6.07, 6.45) is 0. The molecule has 3 nitrogen and oxygen atoms in total. The van der Waals surface area contributed by atoms with Crippen molar-refractivity contribution in [3.63, 3.8) is 0 Å². The van der Waals surface area contributed by atoms with Crippen molar-refractivity contribution in [1.82, 2.24) is 0 Å². The van der Waals surface area contributed by atoms with Crippen LogP contribution in [0.5, 0.6) is 11.5 Å². The fraction of sp³-hybridized carbons (Fsp3) is 0.333. The van der Waals surface area contributed by atoms with Gasteiger partial charge in [0.25, 0.3) is 8.32 Å². The van der Waals surface area contributed by atoms with E-state index in [4.69, 9.17) is 13.6 Å². The van der Waals surface area contributed by atoms with Crippen LogP contribution in [0.2, 0.25) is 18.1 Å². The Bertz CT molecular complexity index is 987. The molecule has 2 aromatic carbocycles. The summed E-state index contributed by atoms with van der Waals surface area (Å²) in [4.78, 5) is 0. The molecular formula is C21H24Br2O3Si. The van der Waals surface area contributed by atoms with Crippen molar-refractivity contribution in [2.45, 2.75) is 38.9 Å². The van der Waals surface area contributed by atoms with Crippen LogP contribution in [0.4, 0.5) is 0 Å². The van der Waals surface area contributed by atoms with Gasteiger partial charge in [-0.3, -0.25) is 0 Å². The first-order valence-corrected chi connectivity index (χ1v) is 13.3. The highest BCUT2D eigenvalue weighted by atomic mass is 79.9. The van der Waals surface area contributed by atoms with Gasteiger partial charge in [-0.05, 0) is 70.5 Å². The fourth-order valence-electron chi connectivity index (χ4n) is 2.55. The van der Waals surface area contributed by atoms with Crippen molar-refractivity contribution in [2.75, 3.05) is 7.11 Å². The Kier molecular flexibility index (Phi) is 5.54. The molecule has 0 unspecified atom stereocenters. The minimum Gasteiger partial charge on any atom is -0.541 e. The van der Waals surface area contributed by atoms with Gasteiger partial charge in [-0.2, -0.15) is 0 Å². The Morgan fingerprint density at radius 1 is 0.963 bits per heavy atom. The number of hydrogen-bond donors (Lipinski definition) is 0. The van der Waals surface area contributed by atoms with Gasteiger partial charge in [0.05, 0.1) is 11.6 Å². The van der Waals surface area contributed by atoms with Crippen LogP contribution in [0, 0.1) is 0 Å². The van der Waals surface area contributed by atoms with Crippen LogP contribution in [0.15, 0.2) is 49.8 Å². The second-order valence-corrected chi connectivity index (χ2v) is 14.5. The predicted octanol–water partition coefficient (Wildman–Crippen LogP) is 8.02. The van der Waals surface area contributed by atoms with E-state index in [1.807, 2.05) is 36.4 Å². The summed E-state index contributed by atoms with van der Waals surface area (Å²) in [5, 5.41) is 1.14. The van der Waals surface area contributed by atoms with Gasteiger partial charge in [-0.1, -0.05) is 36.7 Å². The van der Waals surface area contributed by atoms with Crippen LogP contribution in [0.3, 0.4) is 0 Å². The maximum Gasteiger partial charge on any atom is 0.250 e. The molecule has 0 aliphatic carbocycles. The number of hydrogen-bond acceptors (Lipinski definition) is 3.